The van der Waals surface area contributed by atoms with Crippen molar-refractivity contribution < 1.29 is 38.3 Å². The van der Waals surface area contributed by atoms with Crippen molar-refractivity contribution in [2.45, 2.75) is 24.9 Å². The summed E-state index contributed by atoms with van der Waals surface area (Å²) in [5, 5.41) is 10.0. The van der Waals surface area contributed by atoms with Gasteiger partial charge in [0, 0.05) is 12.6 Å². The molecule has 0 aliphatic carbocycles. The predicted octanol–water partition coefficient (Wildman–Crippen LogP) is -1.52. The van der Waals surface area contributed by atoms with E-state index < -0.39 is 50.1 Å². The van der Waals surface area contributed by atoms with Crippen LogP contribution < -0.4 is 21.0 Å². The van der Waals surface area contributed by atoms with Crippen LogP contribution >= 0.6 is 7.82 Å². The van der Waals surface area contributed by atoms with Gasteiger partial charge in [-0.1, -0.05) is 12.1 Å². The van der Waals surface area contributed by atoms with Gasteiger partial charge in [0.2, 0.25) is 0 Å². The summed E-state index contributed by atoms with van der Waals surface area (Å²) in [6.45, 7) is -0.706. The number of benzene rings is 1. The van der Waals surface area contributed by atoms with Gasteiger partial charge in [0.15, 0.2) is 0 Å². The van der Waals surface area contributed by atoms with Gasteiger partial charge in [0.05, 0.1) is 38.8 Å². The van der Waals surface area contributed by atoms with E-state index in [0.29, 0.717) is 5.56 Å². The van der Waals surface area contributed by atoms with Crippen molar-refractivity contribution in [2.24, 2.45) is 0 Å². The number of phosphoric acid groups is 1. The minimum atomic E-state index is -5.25. The van der Waals surface area contributed by atoms with Crippen LogP contribution in [0.1, 0.15) is 23.0 Å². The Labute approximate surface area is 168 Å². The molecule has 1 saturated heterocycles. The Bertz CT molecular complexity index is 1090. The van der Waals surface area contributed by atoms with Gasteiger partial charge in [-0.15, -0.1) is 0 Å². The molecular weight excluding hydrogens is 423 g/mol. The smallest absolute Gasteiger partial charge is 0.337 e. The van der Waals surface area contributed by atoms with Gasteiger partial charge in [-0.25, -0.2) is 9.59 Å². The second-order valence-electron chi connectivity index (χ2n) is 6.45. The van der Waals surface area contributed by atoms with Crippen LogP contribution in [-0.2, 0) is 18.6 Å². The fourth-order valence-corrected chi connectivity index (χ4v) is 3.34. The molecule has 0 saturated carbocycles. The Balaban J connectivity index is 1.87. The Hall–Kier alpha value is -2.60. The summed E-state index contributed by atoms with van der Waals surface area (Å²) < 4.78 is 25.8. The molecule has 2 N–H and O–H groups in total. The molecule has 0 amide bonds. The first-order valence-corrected chi connectivity index (χ1v) is 10.1. The standard InChI is InChI=1S/C17H19N2O10P/c1-27-16(22)10-4-2-9(3-5-10)11-7-19(17(23)18-15(11)21)14-6-12(20)13(29-14)8-28-30(24,25)26/h2-5,7,12-14,20H,6,8H2,1H3,(H,18,21,23)(H2,24,25,26)/p-2. The molecule has 1 aromatic carbocycles. The molecule has 1 fully saturated rings. The summed E-state index contributed by atoms with van der Waals surface area (Å²) in [6.07, 6.45) is -2.29. The van der Waals surface area contributed by atoms with Gasteiger partial charge in [0.1, 0.15) is 12.3 Å². The van der Waals surface area contributed by atoms with Crippen LogP contribution in [0.5, 0.6) is 0 Å². The molecule has 1 aliphatic rings. The average molecular weight is 440 g/mol. The van der Waals surface area contributed by atoms with Gasteiger partial charge < -0.3 is 33.5 Å². The van der Waals surface area contributed by atoms with Crippen molar-refractivity contribution in [3.63, 3.8) is 0 Å². The number of rotatable bonds is 6. The number of aromatic nitrogens is 2. The van der Waals surface area contributed by atoms with Crippen molar-refractivity contribution in [1.82, 2.24) is 9.55 Å². The monoisotopic (exact) mass is 440 g/mol. The molecule has 1 aliphatic heterocycles. The molecule has 12 nitrogen and oxygen atoms in total. The molecule has 3 atom stereocenters. The molecule has 0 bridgehead atoms. The number of methoxy groups -OCH3 is 1. The Morgan fingerprint density at radius 2 is 2.00 bits per heavy atom. The Morgan fingerprint density at radius 3 is 2.60 bits per heavy atom. The van der Waals surface area contributed by atoms with E-state index in [4.69, 9.17) is 4.74 Å². The number of nitrogens with one attached hydrogen (secondary N) is 1. The lowest BCUT2D eigenvalue weighted by molar-refractivity contribution is -0.343. The van der Waals surface area contributed by atoms with Gasteiger partial charge in [-0.05, 0) is 17.7 Å². The Kier molecular flexibility index (Phi) is 6.36. The van der Waals surface area contributed by atoms with E-state index in [0.717, 1.165) is 4.57 Å². The van der Waals surface area contributed by atoms with Crippen molar-refractivity contribution in [3.05, 3.63) is 56.9 Å². The van der Waals surface area contributed by atoms with E-state index in [9.17, 15) is 33.8 Å². The molecular formula is C17H17N2O10P-2. The van der Waals surface area contributed by atoms with Gasteiger partial charge >= 0.3 is 11.7 Å². The van der Waals surface area contributed by atoms with Crippen LogP contribution in [0.2, 0.25) is 0 Å². The molecule has 162 valence electrons. The van der Waals surface area contributed by atoms with Crippen molar-refractivity contribution in [1.29, 1.82) is 0 Å². The van der Waals surface area contributed by atoms with Gasteiger partial charge in [-0.2, -0.15) is 0 Å². The molecule has 2 heterocycles. The second-order valence-corrected chi connectivity index (χ2v) is 7.61. The number of carbonyl (C=O) groups is 1. The fraction of sp³-hybridized carbons (Fsp3) is 0.353. The van der Waals surface area contributed by atoms with Crippen LogP contribution in [0, 0.1) is 0 Å². The van der Waals surface area contributed by atoms with Crippen LogP contribution in [-0.4, -0.2) is 46.6 Å². The maximum Gasteiger partial charge on any atom is 0.337 e. The number of aliphatic hydroxyl groups is 1. The van der Waals surface area contributed by atoms with E-state index >= 15 is 0 Å². The normalized spacial score (nSPS) is 21.5. The average Bonchev–Trinajstić information content (AvgIpc) is 3.06. The van der Waals surface area contributed by atoms with Crippen LogP contribution in [0.15, 0.2) is 40.1 Å². The first-order valence-electron chi connectivity index (χ1n) is 8.63. The maximum atomic E-state index is 12.3. The molecule has 13 heteroatoms. The molecule has 30 heavy (non-hydrogen) atoms. The number of carbonyl (C=O) groups excluding carboxylic acids is 1. The fourth-order valence-electron chi connectivity index (χ4n) is 3.01. The molecule has 1 aromatic heterocycles. The number of nitrogens with zero attached hydrogens (tertiary/aromatic N) is 1. The Morgan fingerprint density at radius 1 is 1.33 bits per heavy atom. The van der Waals surface area contributed by atoms with Crippen molar-refractivity contribution >= 4 is 13.8 Å². The van der Waals surface area contributed by atoms with Crippen molar-refractivity contribution in [2.75, 3.05) is 13.7 Å². The summed E-state index contributed by atoms with van der Waals surface area (Å²) >= 11 is 0. The third kappa shape index (κ3) is 4.93. The zero-order valence-electron chi connectivity index (χ0n) is 15.5. The molecule has 3 unspecified atom stereocenters. The summed E-state index contributed by atoms with van der Waals surface area (Å²) in [6, 6.07) is 5.88. The number of H-pyrrole nitrogens is 1. The lowest BCUT2D eigenvalue weighted by atomic mass is 10.1. The third-order valence-electron chi connectivity index (χ3n) is 4.50. The number of phosphoric ester groups is 1. The quantitative estimate of drug-likeness (QED) is 0.395. The third-order valence-corrected chi connectivity index (χ3v) is 4.96. The van der Waals surface area contributed by atoms with E-state index in [-0.39, 0.29) is 17.5 Å². The summed E-state index contributed by atoms with van der Waals surface area (Å²) in [5.41, 5.74) is -0.738. The lowest BCUT2D eigenvalue weighted by Gasteiger charge is -2.30. The zero-order chi connectivity index (χ0) is 22.1. The number of esters is 1. The largest absolute Gasteiger partial charge is 0.790 e. The highest BCUT2D eigenvalue weighted by molar-refractivity contribution is 7.43. The van der Waals surface area contributed by atoms with Crippen LogP contribution in [0.4, 0.5) is 0 Å². The molecule has 0 radical (unpaired) electrons. The first-order chi connectivity index (χ1) is 14.1. The van der Waals surface area contributed by atoms with Crippen molar-refractivity contribution in [3.8, 4) is 11.1 Å². The lowest BCUT2D eigenvalue weighted by Crippen LogP contribution is -2.33. The zero-order valence-corrected chi connectivity index (χ0v) is 16.4. The van der Waals surface area contributed by atoms with Gasteiger partial charge in [-0.3, -0.25) is 14.3 Å². The topological polar surface area (TPSA) is 183 Å². The van der Waals surface area contributed by atoms with E-state index in [1.807, 2.05) is 0 Å². The highest BCUT2D eigenvalue weighted by atomic mass is 31.2. The van der Waals surface area contributed by atoms with E-state index in [2.05, 4.69) is 14.2 Å². The second kappa shape index (κ2) is 8.64. The summed E-state index contributed by atoms with van der Waals surface area (Å²) in [7, 11) is -4.02. The van der Waals surface area contributed by atoms with E-state index in [1.165, 1.54) is 37.6 Å². The molecule has 0 spiro atoms. The predicted molar refractivity (Wildman–Crippen MR) is 96.2 cm³/mol. The molecule has 3 rings (SSSR count). The number of hydrogen-bond acceptors (Lipinski definition) is 10. The highest BCUT2D eigenvalue weighted by Crippen LogP contribution is 2.32. The highest BCUT2D eigenvalue weighted by Gasteiger charge is 2.36. The van der Waals surface area contributed by atoms with Crippen LogP contribution in [0.25, 0.3) is 11.1 Å². The minimum Gasteiger partial charge on any atom is -0.790 e. The summed E-state index contributed by atoms with van der Waals surface area (Å²) in [5.74, 6) is -0.553. The SMILES string of the molecule is COC(=O)c1ccc(-c2cn(C3CC(O)C(COP(=O)([O-])[O-])O3)c(=O)[nH]c2=O)cc1. The van der Waals surface area contributed by atoms with E-state index in [1.54, 1.807) is 0 Å². The number of aromatic amines is 1. The van der Waals surface area contributed by atoms with Gasteiger partial charge in [0.25, 0.3) is 5.56 Å². The number of hydrogen-bond donors (Lipinski definition) is 2. The first kappa shape index (κ1) is 22.1. The van der Waals surface area contributed by atoms with Crippen LogP contribution in [0.3, 0.4) is 0 Å². The number of aliphatic hydroxyl groups excluding tert-OH is 1. The maximum absolute atomic E-state index is 12.3. The minimum absolute atomic E-state index is 0.0902. The summed E-state index contributed by atoms with van der Waals surface area (Å²) in [4.78, 5) is 59.4. The number of ether oxygens (including phenoxy) is 2. The molecule has 2 aromatic rings.